The Hall–Kier alpha value is -1.13. The minimum Gasteiger partial charge on any atom is -0.385 e. The van der Waals surface area contributed by atoms with Gasteiger partial charge in [0.05, 0.1) is 0 Å². The Morgan fingerprint density at radius 2 is 1.93 bits per heavy atom. The molecule has 1 aromatic heterocycles. The molecule has 7 nitrogen and oxygen atoms in total. The predicted molar refractivity (Wildman–Crippen MR) is 125 cm³/mol. The molecule has 0 amide bonds. The normalized spacial score (nSPS) is 11.3. The molecule has 0 atom stereocenters. The topological polar surface area (TPSA) is 65.0 Å². The zero-order chi connectivity index (χ0) is 19.2. The number of guanidine groups is 1. The first kappa shape index (κ1) is 25.9. The first-order valence-corrected chi connectivity index (χ1v) is 9.46. The van der Waals surface area contributed by atoms with E-state index in [9.17, 15) is 0 Å². The van der Waals surface area contributed by atoms with Gasteiger partial charge in [-0.2, -0.15) is 0 Å². The maximum Gasteiger partial charge on any atom is 0.191 e. The SMILES string of the molecule is CCN(CC)c1ccc(CNC(=NC)NCCN(C)CCCOC)cn1.I. The van der Waals surface area contributed by atoms with Crippen molar-refractivity contribution in [3.05, 3.63) is 23.9 Å². The van der Waals surface area contributed by atoms with Crippen LogP contribution in [0.4, 0.5) is 5.82 Å². The Morgan fingerprint density at radius 1 is 1.19 bits per heavy atom. The van der Waals surface area contributed by atoms with E-state index in [1.165, 1.54) is 0 Å². The van der Waals surface area contributed by atoms with Gasteiger partial charge in [0.25, 0.3) is 0 Å². The minimum absolute atomic E-state index is 0. The average Bonchev–Trinajstić information content (AvgIpc) is 2.66. The van der Waals surface area contributed by atoms with Gasteiger partial charge in [0.1, 0.15) is 5.82 Å². The first-order chi connectivity index (χ1) is 12.6. The minimum atomic E-state index is 0. The summed E-state index contributed by atoms with van der Waals surface area (Å²) in [6, 6.07) is 4.19. The molecule has 1 heterocycles. The van der Waals surface area contributed by atoms with Crippen molar-refractivity contribution in [3.63, 3.8) is 0 Å². The number of nitrogens with one attached hydrogen (secondary N) is 2. The second kappa shape index (κ2) is 15.9. The number of rotatable bonds is 12. The van der Waals surface area contributed by atoms with E-state index in [0.717, 1.165) is 63.1 Å². The molecule has 8 heteroatoms. The van der Waals surface area contributed by atoms with Crippen LogP contribution in [0.2, 0.25) is 0 Å². The number of ether oxygens (including phenoxy) is 1. The Bertz CT molecular complexity index is 507. The highest BCUT2D eigenvalue weighted by Gasteiger charge is 2.04. The lowest BCUT2D eigenvalue weighted by molar-refractivity contribution is 0.180. The summed E-state index contributed by atoms with van der Waals surface area (Å²) in [4.78, 5) is 13.4. The van der Waals surface area contributed by atoms with E-state index >= 15 is 0 Å². The first-order valence-electron chi connectivity index (χ1n) is 9.46. The number of halogens is 1. The van der Waals surface area contributed by atoms with Crippen LogP contribution in [0.1, 0.15) is 25.8 Å². The molecule has 2 N–H and O–H groups in total. The molecule has 0 aliphatic heterocycles. The summed E-state index contributed by atoms with van der Waals surface area (Å²) in [7, 11) is 5.65. The van der Waals surface area contributed by atoms with E-state index in [1.807, 2.05) is 6.20 Å². The summed E-state index contributed by atoms with van der Waals surface area (Å²) < 4.78 is 5.08. The molecule has 1 rings (SSSR count). The molecular weight excluding hydrogens is 455 g/mol. The van der Waals surface area contributed by atoms with Gasteiger partial charge >= 0.3 is 0 Å². The fourth-order valence-electron chi connectivity index (χ4n) is 2.62. The number of hydrogen-bond acceptors (Lipinski definition) is 5. The van der Waals surface area contributed by atoms with Gasteiger partial charge in [0, 0.05) is 66.2 Å². The molecule has 0 saturated carbocycles. The summed E-state index contributed by atoms with van der Waals surface area (Å²) in [5.74, 6) is 1.83. The number of hydrogen-bond donors (Lipinski definition) is 2. The second-order valence-electron chi connectivity index (χ2n) is 6.20. The Labute approximate surface area is 182 Å². The summed E-state index contributed by atoms with van der Waals surface area (Å²) in [6.07, 6.45) is 2.98. The summed E-state index contributed by atoms with van der Waals surface area (Å²) >= 11 is 0. The number of nitrogens with zero attached hydrogens (tertiary/aromatic N) is 4. The van der Waals surface area contributed by atoms with E-state index in [2.05, 4.69) is 63.4 Å². The fourth-order valence-corrected chi connectivity index (χ4v) is 2.62. The van der Waals surface area contributed by atoms with Gasteiger partial charge in [-0.15, -0.1) is 24.0 Å². The van der Waals surface area contributed by atoms with Crippen molar-refractivity contribution >= 4 is 35.8 Å². The van der Waals surface area contributed by atoms with Gasteiger partial charge in [0.2, 0.25) is 0 Å². The lowest BCUT2D eigenvalue weighted by Crippen LogP contribution is -2.40. The lowest BCUT2D eigenvalue weighted by atomic mass is 10.2. The third kappa shape index (κ3) is 10.7. The number of pyridine rings is 1. The smallest absolute Gasteiger partial charge is 0.191 e. The number of likely N-dealkylation sites (N-methyl/N-ethyl adjacent to an activating group) is 1. The van der Waals surface area contributed by atoms with Crippen molar-refractivity contribution in [2.45, 2.75) is 26.8 Å². The average molecular weight is 492 g/mol. The van der Waals surface area contributed by atoms with Crippen LogP contribution in [-0.2, 0) is 11.3 Å². The van der Waals surface area contributed by atoms with Crippen LogP contribution < -0.4 is 15.5 Å². The highest BCUT2D eigenvalue weighted by atomic mass is 127. The summed E-state index contributed by atoms with van der Waals surface area (Å²) in [6.45, 7) is 10.6. The van der Waals surface area contributed by atoms with Gasteiger partial charge in [-0.3, -0.25) is 4.99 Å². The number of methoxy groups -OCH3 is 1. The van der Waals surface area contributed by atoms with E-state index in [1.54, 1.807) is 14.2 Å². The molecule has 0 spiro atoms. The molecule has 1 aromatic rings. The maximum absolute atomic E-state index is 5.08. The van der Waals surface area contributed by atoms with Crippen LogP contribution in [0.15, 0.2) is 23.3 Å². The predicted octanol–water partition coefficient (Wildman–Crippen LogP) is 2.18. The molecular formula is C19H37IN6O. The van der Waals surface area contributed by atoms with Crippen molar-refractivity contribution in [2.24, 2.45) is 4.99 Å². The van der Waals surface area contributed by atoms with E-state index in [0.29, 0.717) is 6.54 Å². The van der Waals surface area contributed by atoms with E-state index in [-0.39, 0.29) is 24.0 Å². The Kier molecular flexibility index (Phi) is 15.2. The Balaban J connectivity index is 0.00000676. The zero-order valence-electron chi connectivity index (χ0n) is 17.5. The second-order valence-corrected chi connectivity index (χ2v) is 6.20. The van der Waals surface area contributed by atoms with Crippen LogP contribution in [0.25, 0.3) is 0 Å². The number of anilines is 1. The highest BCUT2D eigenvalue weighted by Crippen LogP contribution is 2.10. The molecule has 0 aliphatic rings. The van der Waals surface area contributed by atoms with E-state index < -0.39 is 0 Å². The van der Waals surface area contributed by atoms with Gasteiger partial charge in [-0.25, -0.2) is 4.98 Å². The van der Waals surface area contributed by atoms with Crippen LogP contribution in [0, 0.1) is 0 Å². The van der Waals surface area contributed by atoms with Crippen LogP contribution >= 0.6 is 24.0 Å². The summed E-state index contributed by atoms with van der Waals surface area (Å²) in [5.41, 5.74) is 1.14. The standard InChI is InChI=1S/C19H36N6O.HI/c1-6-25(7-2)18-10-9-17(15-22-18)16-23-19(20-3)21-11-13-24(4)12-8-14-26-5;/h9-10,15H,6-8,11-14,16H2,1-5H3,(H2,20,21,23);1H. The van der Waals surface area contributed by atoms with Crippen LogP contribution in [0.5, 0.6) is 0 Å². The third-order valence-electron chi connectivity index (χ3n) is 4.25. The van der Waals surface area contributed by atoms with E-state index in [4.69, 9.17) is 4.74 Å². The third-order valence-corrected chi connectivity index (χ3v) is 4.25. The van der Waals surface area contributed by atoms with Crippen LogP contribution in [-0.4, -0.2) is 76.4 Å². The lowest BCUT2D eigenvalue weighted by Gasteiger charge is -2.20. The molecule has 27 heavy (non-hydrogen) atoms. The van der Waals surface area contributed by atoms with Crippen molar-refractivity contribution in [2.75, 3.05) is 65.4 Å². The van der Waals surface area contributed by atoms with Crippen LogP contribution in [0.3, 0.4) is 0 Å². The molecule has 0 saturated heterocycles. The van der Waals surface area contributed by atoms with Gasteiger partial charge in [-0.1, -0.05) is 6.07 Å². The molecule has 0 aliphatic carbocycles. The van der Waals surface area contributed by atoms with Crippen molar-refractivity contribution in [3.8, 4) is 0 Å². The maximum atomic E-state index is 5.08. The van der Waals surface area contributed by atoms with Crippen molar-refractivity contribution in [1.29, 1.82) is 0 Å². The molecule has 0 radical (unpaired) electrons. The number of aromatic nitrogens is 1. The molecule has 156 valence electrons. The van der Waals surface area contributed by atoms with Gasteiger partial charge < -0.3 is 25.2 Å². The number of aliphatic imine (C=N–C) groups is 1. The van der Waals surface area contributed by atoms with Gasteiger partial charge in [-0.05, 0) is 38.9 Å². The zero-order valence-corrected chi connectivity index (χ0v) is 19.8. The van der Waals surface area contributed by atoms with Crippen molar-refractivity contribution < 1.29 is 4.74 Å². The molecule has 0 unspecified atom stereocenters. The highest BCUT2D eigenvalue weighted by molar-refractivity contribution is 14.0. The quantitative estimate of drug-likeness (QED) is 0.202. The van der Waals surface area contributed by atoms with Gasteiger partial charge in [0.15, 0.2) is 5.96 Å². The molecule has 0 aromatic carbocycles. The van der Waals surface area contributed by atoms with Crippen molar-refractivity contribution in [1.82, 2.24) is 20.5 Å². The fraction of sp³-hybridized carbons (Fsp3) is 0.684. The molecule has 0 fully saturated rings. The Morgan fingerprint density at radius 3 is 2.48 bits per heavy atom. The largest absolute Gasteiger partial charge is 0.385 e. The summed E-state index contributed by atoms with van der Waals surface area (Å²) in [5, 5.41) is 6.68. The molecule has 0 bridgehead atoms. The monoisotopic (exact) mass is 492 g/mol.